The summed E-state index contributed by atoms with van der Waals surface area (Å²) in [4.78, 5) is 7.30. The zero-order chi connectivity index (χ0) is 13.8. The minimum Gasteiger partial charge on any atom is -0.357 e. The summed E-state index contributed by atoms with van der Waals surface area (Å²) in [5.41, 5.74) is 0. The van der Waals surface area contributed by atoms with Crippen LogP contribution in [0.2, 0.25) is 0 Å². The van der Waals surface area contributed by atoms with E-state index in [-0.39, 0.29) is 0 Å². The Labute approximate surface area is 118 Å². The van der Waals surface area contributed by atoms with Crippen molar-refractivity contribution in [2.24, 2.45) is 10.9 Å². The van der Waals surface area contributed by atoms with Crippen LogP contribution in [-0.2, 0) is 0 Å². The molecule has 4 nitrogen and oxygen atoms in total. The summed E-state index contributed by atoms with van der Waals surface area (Å²) in [5, 5.41) is 6.85. The molecule has 2 rings (SSSR count). The minimum absolute atomic E-state index is 0.640. The summed E-state index contributed by atoms with van der Waals surface area (Å²) in [5.74, 6) is 1.80. The Kier molecular flexibility index (Phi) is 5.08. The number of nitrogens with one attached hydrogen (secondary N) is 2. The van der Waals surface area contributed by atoms with E-state index in [2.05, 4.69) is 43.2 Å². The van der Waals surface area contributed by atoms with E-state index in [0.717, 1.165) is 37.6 Å². The van der Waals surface area contributed by atoms with E-state index in [1.807, 2.05) is 0 Å². The number of hydrogen-bond acceptors (Lipinski definition) is 2. The third kappa shape index (κ3) is 4.68. The Morgan fingerprint density at radius 1 is 1.37 bits per heavy atom. The Morgan fingerprint density at radius 3 is 2.53 bits per heavy atom. The molecule has 0 aromatic carbocycles. The van der Waals surface area contributed by atoms with E-state index >= 15 is 0 Å². The first-order valence-corrected chi connectivity index (χ1v) is 7.92. The van der Waals surface area contributed by atoms with Gasteiger partial charge < -0.3 is 10.6 Å². The summed E-state index contributed by atoms with van der Waals surface area (Å²) < 4.78 is 0. The minimum atomic E-state index is 0.640. The van der Waals surface area contributed by atoms with Gasteiger partial charge in [-0.1, -0.05) is 6.92 Å². The van der Waals surface area contributed by atoms with Gasteiger partial charge in [0, 0.05) is 31.2 Å². The number of guanidine groups is 1. The van der Waals surface area contributed by atoms with Gasteiger partial charge in [0.25, 0.3) is 0 Å². The molecule has 2 N–H and O–H groups in total. The molecule has 2 saturated carbocycles. The molecule has 0 spiro atoms. The summed E-state index contributed by atoms with van der Waals surface area (Å²) in [7, 11) is 0. The molecule has 2 aliphatic rings. The number of rotatable bonds is 7. The third-order valence-electron chi connectivity index (χ3n) is 4.08. The van der Waals surface area contributed by atoms with Gasteiger partial charge in [0.05, 0.1) is 6.54 Å². The van der Waals surface area contributed by atoms with E-state index < -0.39 is 0 Å². The molecule has 2 unspecified atom stereocenters. The first kappa shape index (κ1) is 14.6. The molecular weight excluding hydrogens is 236 g/mol. The van der Waals surface area contributed by atoms with Crippen LogP contribution < -0.4 is 10.6 Å². The predicted molar refractivity (Wildman–Crippen MR) is 81.5 cm³/mol. The van der Waals surface area contributed by atoms with Crippen LogP contribution in [0, 0.1) is 5.92 Å². The molecular formula is C15H30N4. The van der Waals surface area contributed by atoms with E-state index in [1.165, 1.54) is 19.3 Å². The van der Waals surface area contributed by atoms with Crippen molar-refractivity contribution >= 4 is 5.96 Å². The van der Waals surface area contributed by atoms with Crippen molar-refractivity contribution < 1.29 is 0 Å². The van der Waals surface area contributed by atoms with Crippen molar-refractivity contribution in [3.8, 4) is 0 Å². The fourth-order valence-electron chi connectivity index (χ4n) is 2.56. The quantitative estimate of drug-likeness (QED) is 0.545. The van der Waals surface area contributed by atoms with Gasteiger partial charge in [0.2, 0.25) is 0 Å². The van der Waals surface area contributed by atoms with E-state index in [0.29, 0.717) is 12.1 Å². The van der Waals surface area contributed by atoms with Crippen LogP contribution in [0.4, 0.5) is 0 Å². The fraction of sp³-hybridized carbons (Fsp3) is 0.933. The van der Waals surface area contributed by atoms with Crippen molar-refractivity contribution in [2.75, 3.05) is 19.6 Å². The SMILES string of the molecule is CCNC(=NCCN(C(C)C)C1CC1)NC1CC1C. The molecule has 0 radical (unpaired) electrons. The van der Waals surface area contributed by atoms with Crippen LogP contribution >= 0.6 is 0 Å². The second kappa shape index (κ2) is 6.60. The lowest BCUT2D eigenvalue weighted by molar-refractivity contribution is 0.218. The lowest BCUT2D eigenvalue weighted by Gasteiger charge is -2.25. The van der Waals surface area contributed by atoms with Crippen LogP contribution in [0.5, 0.6) is 0 Å². The molecule has 2 atom stereocenters. The average Bonchev–Trinajstić information content (AvgIpc) is 3.24. The molecule has 0 saturated heterocycles. The van der Waals surface area contributed by atoms with Crippen molar-refractivity contribution in [1.82, 2.24) is 15.5 Å². The number of nitrogens with zero attached hydrogens (tertiary/aromatic N) is 2. The molecule has 19 heavy (non-hydrogen) atoms. The first-order chi connectivity index (χ1) is 9.11. The van der Waals surface area contributed by atoms with E-state index in [9.17, 15) is 0 Å². The van der Waals surface area contributed by atoms with Crippen molar-refractivity contribution in [3.63, 3.8) is 0 Å². The van der Waals surface area contributed by atoms with Gasteiger partial charge in [-0.3, -0.25) is 9.89 Å². The topological polar surface area (TPSA) is 39.7 Å². The van der Waals surface area contributed by atoms with Crippen LogP contribution in [-0.4, -0.2) is 48.6 Å². The lowest BCUT2D eigenvalue weighted by Crippen LogP contribution is -2.40. The first-order valence-electron chi connectivity index (χ1n) is 7.92. The molecule has 0 aromatic heterocycles. The Hall–Kier alpha value is -0.770. The van der Waals surface area contributed by atoms with E-state index in [1.54, 1.807) is 0 Å². The predicted octanol–water partition coefficient (Wildman–Crippen LogP) is 1.82. The molecule has 0 bridgehead atoms. The van der Waals surface area contributed by atoms with Gasteiger partial charge in [-0.25, -0.2) is 0 Å². The molecule has 0 aromatic rings. The molecule has 0 amide bonds. The molecule has 4 heteroatoms. The van der Waals surface area contributed by atoms with Crippen LogP contribution in [0.25, 0.3) is 0 Å². The highest BCUT2D eigenvalue weighted by molar-refractivity contribution is 5.80. The van der Waals surface area contributed by atoms with E-state index in [4.69, 9.17) is 4.99 Å². The Bertz CT molecular complexity index is 307. The molecule has 2 fully saturated rings. The van der Waals surface area contributed by atoms with Gasteiger partial charge in [-0.2, -0.15) is 0 Å². The Balaban J connectivity index is 1.76. The van der Waals surface area contributed by atoms with Crippen molar-refractivity contribution in [2.45, 2.75) is 65.1 Å². The summed E-state index contributed by atoms with van der Waals surface area (Å²) in [6.07, 6.45) is 4.03. The summed E-state index contributed by atoms with van der Waals surface area (Å²) in [6, 6.07) is 2.11. The average molecular weight is 266 g/mol. The summed E-state index contributed by atoms with van der Waals surface area (Å²) in [6.45, 7) is 11.9. The van der Waals surface area contributed by atoms with Gasteiger partial charge >= 0.3 is 0 Å². The fourth-order valence-corrected chi connectivity index (χ4v) is 2.56. The van der Waals surface area contributed by atoms with Gasteiger partial charge in [-0.15, -0.1) is 0 Å². The molecule has 0 heterocycles. The maximum Gasteiger partial charge on any atom is 0.191 e. The smallest absolute Gasteiger partial charge is 0.191 e. The summed E-state index contributed by atoms with van der Waals surface area (Å²) >= 11 is 0. The zero-order valence-corrected chi connectivity index (χ0v) is 12.9. The zero-order valence-electron chi connectivity index (χ0n) is 12.9. The number of aliphatic imine (C=N–C) groups is 1. The standard InChI is InChI=1S/C15H30N4/c1-5-16-15(18-14-10-12(14)4)17-8-9-19(11(2)3)13-6-7-13/h11-14H,5-10H2,1-4H3,(H2,16,17,18). The van der Waals surface area contributed by atoms with Gasteiger partial charge in [0.15, 0.2) is 5.96 Å². The van der Waals surface area contributed by atoms with Crippen molar-refractivity contribution in [3.05, 3.63) is 0 Å². The van der Waals surface area contributed by atoms with Crippen LogP contribution in [0.15, 0.2) is 4.99 Å². The Morgan fingerprint density at radius 2 is 2.05 bits per heavy atom. The van der Waals surface area contributed by atoms with Gasteiger partial charge in [-0.05, 0) is 46.0 Å². The normalized spacial score (nSPS) is 26.9. The third-order valence-corrected chi connectivity index (χ3v) is 4.08. The largest absolute Gasteiger partial charge is 0.357 e. The second-order valence-corrected chi connectivity index (χ2v) is 6.29. The monoisotopic (exact) mass is 266 g/mol. The van der Waals surface area contributed by atoms with Crippen LogP contribution in [0.3, 0.4) is 0 Å². The molecule has 2 aliphatic carbocycles. The second-order valence-electron chi connectivity index (χ2n) is 6.29. The molecule has 0 aliphatic heterocycles. The van der Waals surface area contributed by atoms with Gasteiger partial charge in [0.1, 0.15) is 0 Å². The lowest BCUT2D eigenvalue weighted by atomic mass is 10.3. The number of hydrogen-bond donors (Lipinski definition) is 2. The highest BCUT2D eigenvalue weighted by Crippen LogP contribution is 2.29. The maximum atomic E-state index is 4.71. The molecule has 110 valence electrons. The van der Waals surface area contributed by atoms with Crippen LogP contribution in [0.1, 0.15) is 47.0 Å². The highest BCUT2D eigenvalue weighted by Gasteiger charge is 2.33. The maximum absolute atomic E-state index is 4.71. The van der Waals surface area contributed by atoms with Crippen molar-refractivity contribution in [1.29, 1.82) is 0 Å². The highest BCUT2D eigenvalue weighted by atomic mass is 15.2.